The van der Waals surface area contributed by atoms with Crippen LogP contribution < -0.4 is 5.32 Å². The molecular weight excluding hydrogens is 224 g/mol. The minimum atomic E-state index is 0.0574. The Morgan fingerprint density at radius 3 is 2.50 bits per heavy atom. The van der Waals surface area contributed by atoms with Gasteiger partial charge in [-0.2, -0.15) is 0 Å². The molecule has 0 aliphatic carbocycles. The molecule has 1 heterocycles. The van der Waals surface area contributed by atoms with Gasteiger partial charge in [-0.15, -0.1) is 0 Å². The van der Waals surface area contributed by atoms with Crippen molar-refractivity contribution in [2.24, 2.45) is 0 Å². The molecule has 0 radical (unpaired) electrons. The third kappa shape index (κ3) is 3.00. The number of aromatic amines is 1. The molecule has 0 unspecified atom stereocenters. The van der Waals surface area contributed by atoms with Gasteiger partial charge in [-0.3, -0.25) is 4.79 Å². The van der Waals surface area contributed by atoms with Gasteiger partial charge in [0.1, 0.15) is 0 Å². The molecule has 0 aliphatic heterocycles. The van der Waals surface area contributed by atoms with Crippen molar-refractivity contribution in [1.82, 2.24) is 4.98 Å². The highest BCUT2D eigenvalue weighted by Crippen LogP contribution is 2.19. The molecule has 0 saturated carbocycles. The van der Waals surface area contributed by atoms with Gasteiger partial charge in [0.2, 0.25) is 5.91 Å². The van der Waals surface area contributed by atoms with Crippen LogP contribution >= 0.6 is 0 Å². The molecule has 1 aromatic carbocycles. The summed E-state index contributed by atoms with van der Waals surface area (Å²) in [5, 5.41) is 2.99. The second-order valence-electron chi connectivity index (χ2n) is 4.51. The maximum absolute atomic E-state index is 11.9. The number of aryl methyl sites for hydroxylation is 3. The predicted octanol–water partition coefficient (Wildman–Crippen LogP) is 3.20. The van der Waals surface area contributed by atoms with Crippen LogP contribution in [0.3, 0.4) is 0 Å². The molecule has 18 heavy (non-hydrogen) atoms. The summed E-state index contributed by atoms with van der Waals surface area (Å²) < 4.78 is 0. The van der Waals surface area contributed by atoms with Gasteiger partial charge in [0.25, 0.3) is 0 Å². The molecule has 94 valence electrons. The number of amides is 1. The zero-order chi connectivity index (χ0) is 13.0. The van der Waals surface area contributed by atoms with Crippen molar-refractivity contribution in [3.63, 3.8) is 0 Å². The number of rotatable bonds is 4. The number of carbonyl (C=O) groups is 1. The van der Waals surface area contributed by atoms with Crippen molar-refractivity contribution >= 4 is 11.6 Å². The number of nitrogens with one attached hydrogen (secondary N) is 2. The lowest BCUT2D eigenvalue weighted by Crippen LogP contribution is -2.14. The van der Waals surface area contributed by atoms with Crippen LogP contribution in [0.5, 0.6) is 0 Å². The quantitative estimate of drug-likeness (QED) is 0.849. The van der Waals surface area contributed by atoms with E-state index in [-0.39, 0.29) is 5.91 Å². The molecule has 3 heteroatoms. The first-order valence-corrected chi connectivity index (χ1v) is 6.15. The van der Waals surface area contributed by atoms with Crippen molar-refractivity contribution in [2.75, 3.05) is 5.32 Å². The fraction of sp³-hybridized carbons (Fsp3) is 0.267. The van der Waals surface area contributed by atoms with Gasteiger partial charge in [-0.25, -0.2) is 0 Å². The number of H-pyrrole nitrogens is 1. The van der Waals surface area contributed by atoms with Gasteiger partial charge in [0.05, 0.1) is 0 Å². The molecule has 3 nitrogen and oxygen atoms in total. The molecule has 0 bridgehead atoms. The second-order valence-corrected chi connectivity index (χ2v) is 4.51. The van der Waals surface area contributed by atoms with E-state index in [4.69, 9.17) is 0 Å². The second kappa shape index (κ2) is 5.54. The SMILES string of the molecule is Cc1cccc(C)c1NC(=O)CCc1ccc[nH]1. The van der Waals surface area contributed by atoms with Gasteiger partial charge in [0.15, 0.2) is 0 Å². The Morgan fingerprint density at radius 1 is 1.17 bits per heavy atom. The molecule has 0 spiro atoms. The highest BCUT2D eigenvalue weighted by atomic mass is 16.1. The van der Waals surface area contributed by atoms with Crippen LogP contribution in [0.4, 0.5) is 5.69 Å². The number of anilines is 1. The Bertz CT molecular complexity index is 509. The zero-order valence-corrected chi connectivity index (χ0v) is 10.8. The van der Waals surface area contributed by atoms with Gasteiger partial charge in [-0.1, -0.05) is 18.2 Å². The standard InChI is InChI=1S/C15H18N2O/c1-11-5-3-6-12(2)15(11)17-14(18)9-8-13-7-4-10-16-13/h3-7,10,16H,8-9H2,1-2H3,(H,17,18). The third-order valence-corrected chi connectivity index (χ3v) is 3.03. The topological polar surface area (TPSA) is 44.9 Å². The van der Waals surface area contributed by atoms with E-state index < -0.39 is 0 Å². The van der Waals surface area contributed by atoms with Crippen LogP contribution in [0.25, 0.3) is 0 Å². The summed E-state index contributed by atoms with van der Waals surface area (Å²) in [5.41, 5.74) is 4.23. The number of hydrogen-bond donors (Lipinski definition) is 2. The molecule has 0 aliphatic rings. The van der Waals surface area contributed by atoms with Crippen LogP contribution in [0.15, 0.2) is 36.5 Å². The predicted molar refractivity (Wildman–Crippen MR) is 73.7 cm³/mol. The normalized spacial score (nSPS) is 10.3. The summed E-state index contributed by atoms with van der Waals surface area (Å²) in [7, 11) is 0. The Morgan fingerprint density at radius 2 is 1.89 bits per heavy atom. The highest BCUT2D eigenvalue weighted by molar-refractivity contribution is 5.92. The van der Waals surface area contributed by atoms with E-state index in [9.17, 15) is 4.79 Å². The molecule has 1 amide bonds. The largest absolute Gasteiger partial charge is 0.365 e. The average molecular weight is 242 g/mol. The number of hydrogen-bond acceptors (Lipinski definition) is 1. The van der Waals surface area contributed by atoms with Crippen molar-refractivity contribution in [1.29, 1.82) is 0 Å². The monoisotopic (exact) mass is 242 g/mol. The summed E-state index contributed by atoms with van der Waals surface area (Å²) >= 11 is 0. The molecule has 0 atom stereocenters. The summed E-state index contributed by atoms with van der Waals surface area (Å²) in [6, 6.07) is 9.95. The van der Waals surface area contributed by atoms with Gasteiger partial charge >= 0.3 is 0 Å². The average Bonchev–Trinajstić information content (AvgIpc) is 2.84. The van der Waals surface area contributed by atoms with Gasteiger partial charge in [0, 0.05) is 24.0 Å². The molecule has 2 rings (SSSR count). The summed E-state index contributed by atoms with van der Waals surface area (Å²) in [6.07, 6.45) is 3.11. The van der Waals surface area contributed by atoms with E-state index in [2.05, 4.69) is 10.3 Å². The fourth-order valence-corrected chi connectivity index (χ4v) is 1.98. The van der Waals surface area contributed by atoms with Gasteiger partial charge in [-0.05, 0) is 43.5 Å². The van der Waals surface area contributed by atoms with Crippen molar-refractivity contribution in [2.45, 2.75) is 26.7 Å². The van der Waals surface area contributed by atoms with E-state index in [0.717, 1.165) is 28.9 Å². The number of aromatic nitrogens is 1. The minimum Gasteiger partial charge on any atom is -0.365 e. The summed E-state index contributed by atoms with van der Waals surface area (Å²) in [4.78, 5) is 15.0. The fourth-order valence-electron chi connectivity index (χ4n) is 1.98. The highest BCUT2D eigenvalue weighted by Gasteiger charge is 2.07. The van der Waals surface area contributed by atoms with Crippen LogP contribution in [0.1, 0.15) is 23.2 Å². The number of benzene rings is 1. The van der Waals surface area contributed by atoms with Gasteiger partial charge < -0.3 is 10.3 Å². The summed E-state index contributed by atoms with van der Waals surface area (Å²) in [6.45, 7) is 4.02. The zero-order valence-electron chi connectivity index (χ0n) is 10.8. The molecule has 2 aromatic rings. The maximum atomic E-state index is 11.9. The molecular formula is C15H18N2O. The van der Waals surface area contributed by atoms with Crippen LogP contribution in [0.2, 0.25) is 0 Å². The maximum Gasteiger partial charge on any atom is 0.224 e. The first-order valence-electron chi connectivity index (χ1n) is 6.15. The Kier molecular flexibility index (Phi) is 3.82. The molecule has 1 aromatic heterocycles. The number of carbonyl (C=O) groups excluding carboxylic acids is 1. The Balaban J connectivity index is 1.95. The van der Waals surface area contributed by atoms with E-state index in [1.807, 2.05) is 50.4 Å². The van der Waals surface area contributed by atoms with E-state index in [1.54, 1.807) is 0 Å². The first-order chi connectivity index (χ1) is 8.66. The van der Waals surface area contributed by atoms with Crippen LogP contribution in [-0.2, 0) is 11.2 Å². The van der Waals surface area contributed by atoms with Crippen molar-refractivity contribution in [3.05, 3.63) is 53.3 Å². The van der Waals surface area contributed by atoms with Crippen LogP contribution in [0, 0.1) is 13.8 Å². The molecule has 0 fully saturated rings. The number of para-hydroxylation sites is 1. The summed E-state index contributed by atoms with van der Waals surface area (Å²) in [5.74, 6) is 0.0574. The first kappa shape index (κ1) is 12.4. The van der Waals surface area contributed by atoms with Crippen molar-refractivity contribution in [3.8, 4) is 0 Å². The molecule has 2 N–H and O–H groups in total. The lowest BCUT2D eigenvalue weighted by atomic mass is 10.1. The minimum absolute atomic E-state index is 0.0574. The lowest BCUT2D eigenvalue weighted by molar-refractivity contribution is -0.116. The Hall–Kier alpha value is -2.03. The van der Waals surface area contributed by atoms with E-state index in [1.165, 1.54) is 0 Å². The van der Waals surface area contributed by atoms with Crippen molar-refractivity contribution < 1.29 is 4.79 Å². The van der Waals surface area contributed by atoms with Crippen LogP contribution in [-0.4, -0.2) is 10.9 Å². The van der Waals surface area contributed by atoms with E-state index >= 15 is 0 Å². The third-order valence-electron chi connectivity index (χ3n) is 3.03. The molecule has 0 saturated heterocycles. The Labute approximate surface area is 107 Å². The van der Waals surface area contributed by atoms with E-state index in [0.29, 0.717) is 6.42 Å². The lowest BCUT2D eigenvalue weighted by Gasteiger charge is -2.11. The smallest absolute Gasteiger partial charge is 0.224 e.